The van der Waals surface area contributed by atoms with Crippen LogP contribution in [0.4, 0.5) is 5.69 Å². The van der Waals surface area contributed by atoms with Gasteiger partial charge in [0.05, 0.1) is 5.75 Å². The van der Waals surface area contributed by atoms with Gasteiger partial charge >= 0.3 is 0 Å². The summed E-state index contributed by atoms with van der Waals surface area (Å²) in [7, 11) is -3.32. The van der Waals surface area contributed by atoms with E-state index in [1.54, 1.807) is 0 Å². The van der Waals surface area contributed by atoms with Gasteiger partial charge in [0.1, 0.15) is 0 Å². The SMILES string of the molecule is NS(=O)(=O)CCCN1CCC(N2CCc3ccccc32)CC1. The third kappa shape index (κ3) is 3.80. The van der Waals surface area contributed by atoms with Crippen molar-refractivity contribution in [2.24, 2.45) is 5.14 Å². The predicted molar refractivity (Wildman–Crippen MR) is 89.5 cm³/mol. The van der Waals surface area contributed by atoms with E-state index >= 15 is 0 Å². The van der Waals surface area contributed by atoms with Crippen LogP contribution in [0.25, 0.3) is 0 Å². The van der Waals surface area contributed by atoms with Crippen LogP contribution in [0.2, 0.25) is 0 Å². The molecule has 0 aromatic heterocycles. The first-order chi connectivity index (χ1) is 10.5. The number of sulfonamides is 1. The van der Waals surface area contributed by atoms with Crippen LogP contribution >= 0.6 is 0 Å². The topological polar surface area (TPSA) is 66.6 Å². The van der Waals surface area contributed by atoms with Gasteiger partial charge in [-0.05, 0) is 43.9 Å². The summed E-state index contributed by atoms with van der Waals surface area (Å²) in [6.45, 7) is 4.07. The first-order valence-electron chi connectivity index (χ1n) is 8.10. The number of para-hydroxylation sites is 1. The maximum Gasteiger partial charge on any atom is 0.209 e. The highest BCUT2D eigenvalue weighted by molar-refractivity contribution is 7.89. The maximum atomic E-state index is 11.0. The fraction of sp³-hybridized carbons (Fsp3) is 0.625. The van der Waals surface area contributed by atoms with Gasteiger partial charge in [-0.1, -0.05) is 18.2 Å². The lowest BCUT2D eigenvalue weighted by Crippen LogP contribution is -2.44. The Labute approximate surface area is 133 Å². The molecule has 2 aliphatic heterocycles. The quantitative estimate of drug-likeness (QED) is 0.884. The predicted octanol–water partition coefficient (Wildman–Crippen LogP) is 1.19. The highest BCUT2D eigenvalue weighted by Crippen LogP contribution is 2.32. The molecule has 0 aliphatic carbocycles. The van der Waals surface area contributed by atoms with Gasteiger partial charge in [0.2, 0.25) is 10.0 Å². The van der Waals surface area contributed by atoms with Crippen molar-refractivity contribution >= 4 is 15.7 Å². The molecule has 0 atom stereocenters. The molecule has 0 saturated carbocycles. The van der Waals surface area contributed by atoms with Gasteiger partial charge in [-0.25, -0.2) is 13.6 Å². The maximum absolute atomic E-state index is 11.0. The molecule has 2 aliphatic rings. The number of fused-ring (bicyclic) bond motifs is 1. The number of primary sulfonamides is 1. The Hall–Kier alpha value is -1.11. The average Bonchev–Trinajstić information content (AvgIpc) is 2.91. The molecule has 0 unspecified atom stereocenters. The van der Waals surface area contributed by atoms with Crippen LogP contribution in [-0.4, -0.2) is 51.3 Å². The molecule has 0 spiro atoms. The summed E-state index contributed by atoms with van der Waals surface area (Å²) >= 11 is 0. The van der Waals surface area contributed by atoms with E-state index in [9.17, 15) is 8.42 Å². The lowest BCUT2D eigenvalue weighted by atomic mass is 10.0. The zero-order valence-electron chi connectivity index (χ0n) is 12.9. The average molecular weight is 323 g/mol. The molecule has 22 heavy (non-hydrogen) atoms. The van der Waals surface area contributed by atoms with Crippen molar-refractivity contribution in [1.29, 1.82) is 0 Å². The highest BCUT2D eigenvalue weighted by Gasteiger charge is 2.28. The molecule has 0 amide bonds. The molecule has 2 heterocycles. The Bertz CT molecular complexity index is 610. The largest absolute Gasteiger partial charge is 0.368 e. The zero-order valence-corrected chi connectivity index (χ0v) is 13.8. The molecule has 1 saturated heterocycles. The summed E-state index contributed by atoms with van der Waals surface area (Å²) in [5.41, 5.74) is 2.88. The van der Waals surface area contributed by atoms with E-state index in [4.69, 9.17) is 5.14 Å². The Morgan fingerprint density at radius 3 is 2.59 bits per heavy atom. The van der Waals surface area contributed by atoms with Crippen molar-refractivity contribution in [3.63, 3.8) is 0 Å². The van der Waals surface area contributed by atoms with E-state index in [1.807, 2.05) is 0 Å². The number of nitrogens with two attached hydrogens (primary N) is 1. The summed E-state index contributed by atoms with van der Waals surface area (Å²) in [5.74, 6) is 0.0897. The lowest BCUT2D eigenvalue weighted by molar-refractivity contribution is 0.210. The second-order valence-corrected chi connectivity index (χ2v) is 8.10. The third-order valence-electron chi connectivity index (χ3n) is 4.82. The van der Waals surface area contributed by atoms with E-state index in [2.05, 4.69) is 34.1 Å². The molecule has 0 radical (unpaired) electrons. The van der Waals surface area contributed by atoms with E-state index in [0.717, 1.165) is 45.4 Å². The van der Waals surface area contributed by atoms with Gasteiger partial charge in [0.15, 0.2) is 0 Å². The van der Waals surface area contributed by atoms with E-state index in [1.165, 1.54) is 11.3 Å². The van der Waals surface area contributed by atoms with Crippen molar-refractivity contribution < 1.29 is 8.42 Å². The molecule has 1 aromatic carbocycles. The summed E-state index contributed by atoms with van der Waals surface area (Å²) in [6.07, 6.45) is 4.11. The summed E-state index contributed by atoms with van der Waals surface area (Å²) < 4.78 is 21.9. The minimum atomic E-state index is -3.32. The number of anilines is 1. The van der Waals surface area contributed by atoms with Crippen LogP contribution in [-0.2, 0) is 16.4 Å². The number of rotatable bonds is 5. The minimum Gasteiger partial charge on any atom is -0.368 e. The Kier molecular flexibility index (Phi) is 4.70. The van der Waals surface area contributed by atoms with Gasteiger partial charge in [-0.2, -0.15) is 0 Å². The van der Waals surface area contributed by atoms with E-state index in [-0.39, 0.29) is 5.75 Å². The minimum absolute atomic E-state index is 0.0897. The fourth-order valence-corrected chi connectivity index (χ4v) is 4.22. The summed E-state index contributed by atoms with van der Waals surface area (Å²) in [6, 6.07) is 9.34. The van der Waals surface area contributed by atoms with Gasteiger partial charge in [-0.15, -0.1) is 0 Å². The Morgan fingerprint density at radius 1 is 1.14 bits per heavy atom. The number of likely N-dealkylation sites (tertiary alicyclic amines) is 1. The number of hydrogen-bond donors (Lipinski definition) is 1. The third-order valence-corrected chi connectivity index (χ3v) is 5.68. The van der Waals surface area contributed by atoms with Crippen molar-refractivity contribution in [3.05, 3.63) is 29.8 Å². The van der Waals surface area contributed by atoms with Gasteiger partial charge in [0.25, 0.3) is 0 Å². The lowest BCUT2D eigenvalue weighted by Gasteiger charge is -2.38. The molecule has 5 nitrogen and oxygen atoms in total. The van der Waals surface area contributed by atoms with E-state index < -0.39 is 10.0 Å². The highest BCUT2D eigenvalue weighted by atomic mass is 32.2. The fourth-order valence-electron chi connectivity index (χ4n) is 3.69. The van der Waals surface area contributed by atoms with E-state index in [0.29, 0.717) is 12.5 Å². The van der Waals surface area contributed by atoms with Gasteiger partial charge in [0, 0.05) is 31.4 Å². The molecule has 3 rings (SSSR count). The monoisotopic (exact) mass is 323 g/mol. The number of nitrogens with zero attached hydrogens (tertiary/aromatic N) is 2. The number of benzene rings is 1. The molecular formula is C16H25N3O2S. The van der Waals surface area contributed by atoms with Crippen molar-refractivity contribution in [1.82, 2.24) is 4.90 Å². The molecule has 0 bridgehead atoms. The first kappa shape index (κ1) is 15.8. The standard InChI is InChI=1S/C16H25N3O2S/c17-22(20,21)13-3-9-18-10-7-15(8-11-18)19-12-6-14-4-1-2-5-16(14)19/h1-2,4-5,15H,3,6-13H2,(H2,17,20,21). The number of hydrogen-bond acceptors (Lipinski definition) is 4. The molecule has 1 aromatic rings. The van der Waals surface area contributed by atoms with Crippen LogP contribution in [0, 0.1) is 0 Å². The Balaban J connectivity index is 1.49. The van der Waals surface area contributed by atoms with Crippen molar-refractivity contribution in [3.8, 4) is 0 Å². The van der Waals surface area contributed by atoms with Crippen LogP contribution in [0.15, 0.2) is 24.3 Å². The second kappa shape index (κ2) is 6.56. The zero-order chi connectivity index (χ0) is 15.6. The second-order valence-electron chi connectivity index (χ2n) is 6.37. The van der Waals surface area contributed by atoms with Gasteiger partial charge < -0.3 is 9.80 Å². The molecule has 6 heteroatoms. The summed E-state index contributed by atoms with van der Waals surface area (Å²) in [5, 5.41) is 5.05. The molecule has 2 N–H and O–H groups in total. The van der Waals surface area contributed by atoms with Crippen molar-refractivity contribution in [2.75, 3.05) is 36.8 Å². The van der Waals surface area contributed by atoms with Crippen LogP contribution in [0.5, 0.6) is 0 Å². The normalized spacial score (nSPS) is 20.3. The van der Waals surface area contributed by atoms with Crippen molar-refractivity contribution in [2.45, 2.75) is 31.7 Å². The van der Waals surface area contributed by atoms with Crippen LogP contribution in [0.1, 0.15) is 24.8 Å². The smallest absolute Gasteiger partial charge is 0.209 e. The number of piperidine rings is 1. The Morgan fingerprint density at radius 2 is 1.86 bits per heavy atom. The summed E-state index contributed by atoms with van der Waals surface area (Å²) in [4.78, 5) is 4.93. The molecule has 1 fully saturated rings. The van der Waals surface area contributed by atoms with Gasteiger partial charge in [-0.3, -0.25) is 0 Å². The van der Waals surface area contributed by atoms with Crippen LogP contribution in [0.3, 0.4) is 0 Å². The van der Waals surface area contributed by atoms with Crippen LogP contribution < -0.4 is 10.0 Å². The molecular weight excluding hydrogens is 298 g/mol. The molecule has 122 valence electrons. The first-order valence-corrected chi connectivity index (χ1v) is 9.82.